The lowest BCUT2D eigenvalue weighted by Gasteiger charge is -2.03. The first-order chi connectivity index (χ1) is 8.99. The molecule has 0 bridgehead atoms. The van der Waals surface area contributed by atoms with Gasteiger partial charge in [0.2, 0.25) is 0 Å². The van der Waals surface area contributed by atoms with E-state index >= 15 is 0 Å². The molecule has 0 fully saturated rings. The first kappa shape index (κ1) is 11.6. The second-order valence-corrected chi connectivity index (χ2v) is 4.84. The minimum atomic E-state index is 0.248. The maximum atomic E-state index is 10.5. The van der Waals surface area contributed by atoms with E-state index in [1.165, 1.54) is 0 Å². The number of aromatic nitrogens is 3. The molecule has 4 N–H and O–H groups in total. The van der Waals surface area contributed by atoms with Crippen molar-refractivity contribution in [2.75, 3.05) is 5.73 Å². The highest BCUT2D eigenvalue weighted by Crippen LogP contribution is 2.38. The Labute approximate surface area is 110 Å². The fraction of sp³-hybridized carbons (Fsp3) is 0.214. The first-order valence-electron chi connectivity index (χ1n) is 6.09. The fourth-order valence-corrected chi connectivity index (χ4v) is 2.38. The summed E-state index contributed by atoms with van der Waals surface area (Å²) in [6.07, 6.45) is 0. The van der Waals surface area contributed by atoms with Crippen LogP contribution in [0.3, 0.4) is 0 Å². The van der Waals surface area contributed by atoms with Crippen LogP contribution >= 0.6 is 0 Å². The Morgan fingerprint density at radius 2 is 2.05 bits per heavy atom. The first-order valence-corrected chi connectivity index (χ1v) is 6.09. The molecule has 2 heterocycles. The van der Waals surface area contributed by atoms with Gasteiger partial charge in [0.15, 0.2) is 0 Å². The summed E-state index contributed by atoms with van der Waals surface area (Å²) in [7, 11) is 1.78. The SMILES string of the molecule is Cc1[nH]c2ccc(-c3cc(N)n(C)n3)c(O)c2c1C. The summed E-state index contributed by atoms with van der Waals surface area (Å²) in [4.78, 5) is 3.25. The molecule has 2 aromatic heterocycles. The van der Waals surface area contributed by atoms with Crippen molar-refractivity contribution in [3.8, 4) is 17.0 Å². The molecule has 0 amide bonds. The Kier molecular flexibility index (Phi) is 2.32. The minimum Gasteiger partial charge on any atom is -0.507 e. The van der Waals surface area contributed by atoms with Crippen LogP contribution in [0.2, 0.25) is 0 Å². The minimum absolute atomic E-state index is 0.248. The van der Waals surface area contributed by atoms with Gasteiger partial charge >= 0.3 is 0 Å². The van der Waals surface area contributed by atoms with Crippen molar-refractivity contribution in [1.82, 2.24) is 14.8 Å². The number of aryl methyl sites for hydroxylation is 3. The Morgan fingerprint density at radius 3 is 2.68 bits per heavy atom. The van der Waals surface area contributed by atoms with Gasteiger partial charge in [0.25, 0.3) is 0 Å². The highest BCUT2D eigenvalue weighted by Gasteiger charge is 2.15. The number of phenols is 1. The number of hydrogen-bond acceptors (Lipinski definition) is 3. The third-order valence-electron chi connectivity index (χ3n) is 3.63. The van der Waals surface area contributed by atoms with Crippen molar-refractivity contribution in [1.29, 1.82) is 0 Å². The number of fused-ring (bicyclic) bond motifs is 1. The van der Waals surface area contributed by atoms with Crippen LogP contribution in [-0.4, -0.2) is 19.9 Å². The van der Waals surface area contributed by atoms with Crippen molar-refractivity contribution >= 4 is 16.7 Å². The maximum Gasteiger partial charge on any atom is 0.134 e. The van der Waals surface area contributed by atoms with Crippen LogP contribution in [0.1, 0.15) is 11.3 Å². The summed E-state index contributed by atoms with van der Waals surface area (Å²) in [5, 5.41) is 15.6. The molecule has 0 saturated carbocycles. The molecule has 3 rings (SSSR count). The van der Waals surface area contributed by atoms with Crippen molar-refractivity contribution in [3.63, 3.8) is 0 Å². The van der Waals surface area contributed by atoms with Gasteiger partial charge in [-0.25, -0.2) is 0 Å². The lowest BCUT2D eigenvalue weighted by Crippen LogP contribution is -1.96. The molecule has 0 aliphatic rings. The number of nitrogens with one attached hydrogen (secondary N) is 1. The number of H-pyrrole nitrogens is 1. The van der Waals surface area contributed by atoms with Gasteiger partial charge in [-0.05, 0) is 31.5 Å². The number of nitrogen functional groups attached to an aromatic ring is 1. The quantitative estimate of drug-likeness (QED) is 0.625. The predicted molar refractivity (Wildman–Crippen MR) is 76.1 cm³/mol. The summed E-state index contributed by atoms with van der Waals surface area (Å²) in [5.41, 5.74) is 10.2. The van der Waals surface area contributed by atoms with Crippen LogP contribution < -0.4 is 5.73 Å². The largest absolute Gasteiger partial charge is 0.507 e. The number of nitrogens with zero attached hydrogens (tertiary/aromatic N) is 2. The molecule has 0 unspecified atom stereocenters. The van der Waals surface area contributed by atoms with Gasteiger partial charge in [-0.15, -0.1) is 0 Å². The molecule has 0 atom stereocenters. The number of hydrogen-bond donors (Lipinski definition) is 3. The number of phenolic OH excluding ortho intramolecular Hbond substituents is 1. The number of anilines is 1. The Hall–Kier alpha value is -2.43. The molecule has 19 heavy (non-hydrogen) atoms. The number of rotatable bonds is 1. The van der Waals surface area contributed by atoms with Crippen LogP contribution in [0.4, 0.5) is 5.82 Å². The number of benzene rings is 1. The zero-order chi connectivity index (χ0) is 13.7. The van der Waals surface area contributed by atoms with Crippen molar-refractivity contribution in [2.24, 2.45) is 7.05 Å². The van der Waals surface area contributed by atoms with Crippen molar-refractivity contribution < 1.29 is 5.11 Å². The molecule has 5 heteroatoms. The van der Waals surface area contributed by atoms with E-state index < -0.39 is 0 Å². The van der Waals surface area contributed by atoms with E-state index in [-0.39, 0.29) is 5.75 Å². The maximum absolute atomic E-state index is 10.5. The zero-order valence-corrected chi connectivity index (χ0v) is 11.2. The molecule has 0 aliphatic heterocycles. The fourth-order valence-electron chi connectivity index (χ4n) is 2.38. The second kappa shape index (κ2) is 3.78. The Bertz CT molecular complexity index is 763. The summed E-state index contributed by atoms with van der Waals surface area (Å²) >= 11 is 0. The van der Waals surface area contributed by atoms with Crippen LogP contribution in [0, 0.1) is 13.8 Å². The number of aromatic amines is 1. The topological polar surface area (TPSA) is 79.9 Å². The van der Waals surface area contributed by atoms with Crippen molar-refractivity contribution in [3.05, 3.63) is 29.5 Å². The van der Waals surface area contributed by atoms with Crippen LogP contribution in [0.15, 0.2) is 18.2 Å². The monoisotopic (exact) mass is 256 g/mol. The summed E-state index contributed by atoms with van der Waals surface area (Å²) in [6, 6.07) is 5.57. The zero-order valence-electron chi connectivity index (χ0n) is 11.2. The highest BCUT2D eigenvalue weighted by molar-refractivity contribution is 5.95. The van der Waals surface area contributed by atoms with E-state index in [9.17, 15) is 5.11 Å². The normalized spacial score (nSPS) is 11.3. The Balaban J connectivity index is 2.30. The number of aromatic hydroxyl groups is 1. The molecule has 3 aromatic rings. The lowest BCUT2D eigenvalue weighted by molar-refractivity contribution is 0.483. The standard InChI is InChI=1S/C14H16N4O/c1-7-8(2)16-10-5-4-9(14(19)13(7)10)11-6-12(15)18(3)17-11/h4-6,16,19H,15H2,1-3H3. The van der Waals surface area contributed by atoms with Gasteiger partial charge in [-0.3, -0.25) is 4.68 Å². The molecule has 0 aliphatic carbocycles. The summed E-state index contributed by atoms with van der Waals surface area (Å²) in [5.74, 6) is 0.814. The summed E-state index contributed by atoms with van der Waals surface area (Å²) < 4.78 is 1.59. The smallest absolute Gasteiger partial charge is 0.134 e. The molecular weight excluding hydrogens is 240 g/mol. The van der Waals surface area contributed by atoms with Gasteiger partial charge in [-0.2, -0.15) is 5.10 Å². The third-order valence-corrected chi connectivity index (χ3v) is 3.63. The average molecular weight is 256 g/mol. The van der Waals surface area contributed by atoms with E-state index in [2.05, 4.69) is 10.1 Å². The molecule has 98 valence electrons. The van der Waals surface area contributed by atoms with E-state index in [0.29, 0.717) is 17.1 Å². The molecule has 5 nitrogen and oxygen atoms in total. The average Bonchev–Trinajstić information content (AvgIpc) is 2.82. The number of nitrogens with two attached hydrogens (primary N) is 1. The third kappa shape index (κ3) is 1.58. The Morgan fingerprint density at radius 1 is 1.32 bits per heavy atom. The van der Waals surface area contributed by atoms with E-state index in [4.69, 9.17) is 5.73 Å². The molecule has 1 aromatic carbocycles. The second-order valence-electron chi connectivity index (χ2n) is 4.84. The molecule has 0 radical (unpaired) electrons. The predicted octanol–water partition coefficient (Wildman–Crippen LogP) is 2.47. The van der Waals surface area contributed by atoms with Crippen LogP contribution in [0.5, 0.6) is 5.75 Å². The van der Waals surface area contributed by atoms with Gasteiger partial charge in [-0.1, -0.05) is 0 Å². The lowest BCUT2D eigenvalue weighted by atomic mass is 10.0. The van der Waals surface area contributed by atoms with Gasteiger partial charge in [0.05, 0.1) is 5.69 Å². The van der Waals surface area contributed by atoms with Gasteiger partial charge in [0.1, 0.15) is 11.6 Å². The molecule has 0 saturated heterocycles. The van der Waals surface area contributed by atoms with Crippen molar-refractivity contribution in [2.45, 2.75) is 13.8 Å². The van der Waals surface area contributed by atoms with E-state index in [1.54, 1.807) is 17.8 Å². The van der Waals surface area contributed by atoms with Gasteiger partial charge in [0, 0.05) is 35.3 Å². The van der Waals surface area contributed by atoms with Gasteiger partial charge < -0.3 is 15.8 Å². The van der Waals surface area contributed by atoms with Crippen LogP contribution in [-0.2, 0) is 7.05 Å². The van der Waals surface area contributed by atoms with Crippen LogP contribution in [0.25, 0.3) is 22.2 Å². The van der Waals surface area contributed by atoms with E-state index in [1.807, 2.05) is 26.0 Å². The van der Waals surface area contributed by atoms with E-state index in [0.717, 1.165) is 22.2 Å². The summed E-state index contributed by atoms with van der Waals surface area (Å²) in [6.45, 7) is 3.98. The molecule has 0 spiro atoms. The molecular formula is C14H16N4O. The highest BCUT2D eigenvalue weighted by atomic mass is 16.3.